The van der Waals surface area contributed by atoms with Crippen LogP contribution in [0.5, 0.6) is 0 Å². The number of carbonyl (C=O) groups is 1. The maximum atomic E-state index is 12.5. The average molecular weight is 302 g/mol. The molecule has 5 heteroatoms. The number of aromatic nitrogens is 2. The maximum absolute atomic E-state index is 12.5. The Balaban J connectivity index is 1.65. The van der Waals surface area contributed by atoms with Gasteiger partial charge in [-0.25, -0.2) is 4.98 Å². The van der Waals surface area contributed by atoms with Gasteiger partial charge in [-0.05, 0) is 25.9 Å². The number of fused-ring (bicyclic) bond motifs is 1. The van der Waals surface area contributed by atoms with E-state index in [0.29, 0.717) is 12.5 Å². The van der Waals surface area contributed by atoms with Crippen molar-refractivity contribution in [3.05, 3.63) is 29.9 Å². The first kappa shape index (κ1) is 15.3. The van der Waals surface area contributed by atoms with Crippen LogP contribution in [0.25, 0.3) is 0 Å². The minimum atomic E-state index is 0.164. The third-order valence-electron chi connectivity index (χ3n) is 4.80. The highest BCUT2D eigenvalue weighted by Crippen LogP contribution is 2.23. The van der Waals surface area contributed by atoms with Crippen LogP contribution in [0.2, 0.25) is 0 Å². The van der Waals surface area contributed by atoms with Crippen molar-refractivity contribution >= 4 is 5.91 Å². The zero-order chi connectivity index (χ0) is 15.5. The first-order valence-electron chi connectivity index (χ1n) is 8.42. The zero-order valence-electron chi connectivity index (χ0n) is 13.7. The number of allylic oxidation sites excluding steroid dienone is 2. The van der Waals surface area contributed by atoms with E-state index in [2.05, 4.69) is 41.7 Å². The summed E-state index contributed by atoms with van der Waals surface area (Å²) in [5.74, 6) is 1.49. The lowest BCUT2D eigenvalue weighted by molar-refractivity contribution is -0.136. The summed E-state index contributed by atoms with van der Waals surface area (Å²) in [6.07, 6.45) is 8.20. The summed E-state index contributed by atoms with van der Waals surface area (Å²) in [7, 11) is 0. The van der Waals surface area contributed by atoms with Crippen LogP contribution in [-0.2, 0) is 24.4 Å². The second-order valence-corrected chi connectivity index (χ2v) is 6.20. The van der Waals surface area contributed by atoms with Crippen LogP contribution in [0.15, 0.2) is 18.3 Å². The predicted molar refractivity (Wildman–Crippen MR) is 86.1 cm³/mol. The van der Waals surface area contributed by atoms with Crippen molar-refractivity contribution in [3.63, 3.8) is 0 Å². The van der Waals surface area contributed by atoms with Crippen molar-refractivity contribution in [1.82, 2.24) is 19.4 Å². The minimum Gasteiger partial charge on any atom is -0.333 e. The summed E-state index contributed by atoms with van der Waals surface area (Å²) in [5, 5.41) is 0. The second-order valence-electron chi connectivity index (χ2n) is 6.20. The van der Waals surface area contributed by atoms with E-state index < -0.39 is 0 Å². The van der Waals surface area contributed by atoms with E-state index in [0.717, 1.165) is 57.1 Å². The largest absolute Gasteiger partial charge is 0.333 e. The summed E-state index contributed by atoms with van der Waals surface area (Å²) in [6, 6.07) is 0. The van der Waals surface area contributed by atoms with Gasteiger partial charge in [0, 0.05) is 31.7 Å². The molecule has 1 aromatic heterocycles. The molecule has 0 aromatic carbocycles. The molecule has 0 atom stereocenters. The standard InChI is InChI=1S/C17H26N4O/c1-3-19(4-2)11-15-12-20-9-10-21(13-16(20)18-15)17(22)14-7-5-6-8-14/h5-6,12,14H,3-4,7-11,13H2,1-2H3. The van der Waals surface area contributed by atoms with E-state index in [-0.39, 0.29) is 5.92 Å². The van der Waals surface area contributed by atoms with Crippen LogP contribution in [-0.4, -0.2) is 44.9 Å². The number of hydrogen-bond donors (Lipinski definition) is 0. The molecule has 5 nitrogen and oxygen atoms in total. The lowest BCUT2D eigenvalue weighted by atomic mass is 10.1. The van der Waals surface area contributed by atoms with Gasteiger partial charge in [-0.3, -0.25) is 9.69 Å². The predicted octanol–water partition coefficient (Wildman–Crippen LogP) is 2.03. The fourth-order valence-corrected chi connectivity index (χ4v) is 3.33. The zero-order valence-corrected chi connectivity index (χ0v) is 13.7. The molecule has 0 saturated carbocycles. The number of nitrogens with zero attached hydrogens (tertiary/aromatic N) is 4. The van der Waals surface area contributed by atoms with Crippen LogP contribution < -0.4 is 0 Å². The quantitative estimate of drug-likeness (QED) is 0.782. The topological polar surface area (TPSA) is 41.4 Å². The van der Waals surface area contributed by atoms with Gasteiger partial charge in [-0.1, -0.05) is 26.0 Å². The number of rotatable bonds is 5. The van der Waals surface area contributed by atoms with Crippen molar-refractivity contribution < 1.29 is 4.79 Å². The first-order valence-corrected chi connectivity index (χ1v) is 8.42. The van der Waals surface area contributed by atoms with Gasteiger partial charge in [0.25, 0.3) is 0 Å². The second kappa shape index (κ2) is 6.65. The summed E-state index contributed by atoms with van der Waals surface area (Å²) >= 11 is 0. The van der Waals surface area contributed by atoms with E-state index >= 15 is 0 Å². The van der Waals surface area contributed by atoms with E-state index in [1.54, 1.807) is 0 Å². The third-order valence-corrected chi connectivity index (χ3v) is 4.80. The number of hydrogen-bond acceptors (Lipinski definition) is 3. The summed E-state index contributed by atoms with van der Waals surface area (Å²) < 4.78 is 2.22. The molecule has 0 unspecified atom stereocenters. The van der Waals surface area contributed by atoms with Crippen molar-refractivity contribution in [1.29, 1.82) is 0 Å². The van der Waals surface area contributed by atoms with Crippen molar-refractivity contribution in [3.8, 4) is 0 Å². The highest BCUT2D eigenvalue weighted by molar-refractivity contribution is 5.79. The highest BCUT2D eigenvalue weighted by atomic mass is 16.2. The monoisotopic (exact) mass is 302 g/mol. The van der Waals surface area contributed by atoms with Gasteiger partial charge in [0.05, 0.1) is 12.2 Å². The molecule has 3 rings (SSSR count). The lowest BCUT2D eigenvalue weighted by Crippen LogP contribution is -2.41. The molecule has 0 bridgehead atoms. The third kappa shape index (κ3) is 3.09. The van der Waals surface area contributed by atoms with Gasteiger partial charge < -0.3 is 9.47 Å². The van der Waals surface area contributed by atoms with Crippen molar-refractivity contribution in [2.24, 2.45) is 5.92 Å². The Morgan fingerprint density at radius 3 is 2.68 bits per heavy atom. The molecular weight excluding hydrogens is 276 g/mol. The molecule has 0 fully saturated rings. The molecular formula is C17H26N4O. The Morgan fingerprint density at radius 1 is 1.27 bits per heavy atom. The van der Waals surface area contributed by atoms with E-state index in [9.17, 15) is 4.79 Å². The Kier molecular flexibility index (Phi) is 4.62. The van der Waals surface area contributed by atoms with Crippen LogP contribution in [0, 0.1) is 5.92 Å². The molecule has 1 aliphatic heterocycles. The molecule has 0 radical (unpaired) electrons. The Labute approximate surface area is 132 Å². The van der Waals surface area contributed by atoms with Crippen molar-refractivity contribution in [2.75, 3.05) is 19.6 Å². The van der Waals surface area contributed by atoms with Gasteiger partial charge in [0.15, 0.2) is 0 Å². The average Bonchev–Trinajstić information content (AvgIpc) is 3.20. The highest BCUT2D eigenvalue weighted by Gasteiger charge is 2.28. The maximum Gasteiger partial charge on any atom is 0.226 e. The van der Waals surface area contributed by atoms with Crippen LogP contribution in [0.3, 0.4) is 0 Å². The Hall–Kier alpha value is -1.62. The van der Waals surface area contributed by atoms with E-state index in [1.807, 2.05) is 4.90 Å². The molecule has 22 heavy (non-hydrogen) atoms. The molecule has 2 aliphatic rings. The van der Waals surface area contributed by atoms with Gasteiger partial charge in [0.1, 0.15) is 5.82 Å². The number of carbonyl (C=O) groups excluding carboxylic acids is 1. The van der Waals surface area contributed by atoms with Gasteiger partial charge in [-0.15, -0.1) is 0 Å². The normalized spacial score (nSPS) is 18.2. The van der Waals surface area contributed by atoms with Crippen molar-refractivity contribution in [2.45, 2.75) is 46.3 Å². The summed E-state index contributed by atoms with van der Waals surface area (Å²) in [4.78, 5) is 21.6. The fraction of sp³-hybridized carbons (Fsp3) is 0.647. The molecule has 2 heterocycles. The molecule has 0 saturated heterocycles. The Morgan fingerprint density at radius 2 is 2.00 bits per heavy atom. The number of imidazole rings is 1. The van der Waals surface area contributed by atoms with Crippen LogP contribution in [0.4, 0.5) is 0 Å². The van der Waals surface area contributed by atoms with Gasteiger partial charge in [-0.2, -0.15) is 0 Å². The van der Waals surface area contributed by atoms with E-state index in [4.69, 9.17) is 4.98 Å². The first-order chi connectivity index (χ1) is 10.7. The van der Waals surface area contributed by atoms with Crippen LogP contribution >= 0.6 is 0 Å². The molecule has 0 N–H and O–H groups in total. The van der Waals surface area contributed by atoms with Gasteiger partial charge in [0.2, 0.25) is 5.91 Å². The molecule has 1 aliphatic carbocycles. The SMILES string of the molecule is CCN(CC)Cc1cn2c(n1)CN(C(=O)C1CC=CC1)CC2. The van der Waals surface area contributed by atoms with Gasteiger partial charge >= 0.3 is 0 Å². The Bertz CT molecular complexity index is 551. The van der Waals surface area contributed by atoms with E-state index in [1.165, 1.54) is 0 Å². The number of amides is 1. The fourth-order valence-electron chi connectivity index (χ4n) is 3.33. The minimum absolute atomic E-state index is 0.164. The smallest absolute Gasteiger partial charge is 0.226 e. The molecule has 0 spiro atoms. The molecule has 120 valence electrons. The summed E-state index contributed by atoms with van der Waals surface area (Å²) in [6.45, 7) is 9.66. The van der Waals surface area contributed by atoms with Crippen LogP contribution in [0.1, 0.15) is 38.2 Å². The molecule has 1 amide bonds. The molecule has 1 aromatic rings. The lowest BCUT2D eigenvalue weighted by Gasteiger charge is -2.29. The summed E-state index contributed by atoms with van der Waals surface area (Å²) in [5.41, 5.74) is 1.12.